The Morgan fingerprint density at radius 1 is 0.889 bits per heavy atom. The Balaban J connectivity index is 1.44. The maximum Gasteiger partial charge on any atom is 0.160 e. The summed E-state index contributed by atoms with van der Waals surface area (Å²) in [7, 11) is -2.00. The number of fused-ring (bicyclic) bond motifs is 3. The Morgan fingerprint density at radius 2 is 1.50 bits per heavy atom. The average molecular weight is 491 g/mol. The highest BCUT2D eigenvalue weighted by atomic mass is 28.3. The first-order chi connectivity index (χ1) is 17.4. The molecule has 0 bridgehead atoms. The summed E-state index contributed by atoms with van der Waals surface area (Å²) in [6.45, 7) is 12.1. The van der Waals surface area contributed by atoms with E-state index in [9.17, 15) is 0 Å². The molecule has 4 atom stereocenters. The number of allylic oxidation sites excluding steroid dienone is 4. The third-order valence-corrected chi connectivity index (χ3v) is 13.1. The number of anilines is 4. The summed E-state index contributed by atoms with van der Waals surface area (Å²) in [5, 5.41) is 3.71. The lowest BCUT2D eigenvalue weighted by molar-refractivity contribution is 0.499. The van der Waals surface area contributed by atoms with Crippen LogP contribution in [0.4, 0.5) is 22.7 Å². The fraction of sp³-hybridized carbons (Fsp3) is 0.333. The highest BCUT2D eigenvalue weighted by Gasteiger charge is 2.54. The van der Waals surface area contributed by atoms with Crippen LogP contribution in [0.3, 0.4) is 0 Å². The molecule has 1 saturated carbocycles. The van der Waals surface area contributed by atoms with E-state index >= 15 is 0 Å². The molecule has 0 aromatic heterocycles. The topological polar surface area (TPSA) is 15.3 Å². The largest absolute Gasteiger partial charge is 0.366 e. The molecule has 0 radical (unpaired) electrons. The van der Waals surface area contributed by atoms with Crippen LogP contribution in [-0.2, 0) is 0 Å². The molecule has 184 valence electrons. The molecule has 36 heavy (non-hydrogen) atoms. The summed E-state index contributed by atoms with van der Waals surface area (Å²) in [6.07, 6.45) is 9.88. The van der Waals surface area contributed by atoms with Gasteiger partial charge in [0, 0.05) is 0 Å². The van der Waals surface area contributed by atoms with E-state index in [2.05, 4.69) is 129 Å². The lowest BCUT2D eigenvalue weighted by Crippen LogP contribution is -2.53. The number of hydrogen-bond donors (Lipinski definition) is 1. The summed E-state index contributed by atoms with van der Waals surface area (Å²) >= 11 is 0. The Hall–Kier alpha value is -3.04. The summed E-state index contributed by atoms with van der Waals surface area (Å²) in [4.78, 5) is 0. The van der Waals surface area contributed by atoms with Crippen LogP contribution in [0.25, 0.3) is 5.57 Å². The van der Waals surface area contributed by atoms with Gasteiger partial charge in [0.05, 0.1) is 22.7 Å². The van der Waals surface area contributed by atoms with Crippen molar-refractivity contribution in [3.63, 3.8) is 0 Å². The van der Waals surface area contributed by atoms with Crippen molar-refractivity contribution in [2.75, 3.05) is 9.88 Å². The van der Waals surface area contributed by atoms with Gasteiger partial charge in [0.15, 0.2) is 8.24 Å². The molecule has 3 aliphatic rings. The van der Waals surface area contributed by atoms with Gasteiger partial charge in [0.2, 0.25) is 0 Å². The zero-order chi connectivity index (χ0) is 25.0. The maximum atomic E-state index is 3.71. The molecule has 1 heterocycles. The van der Waals surface area contributed by atoms with E-state index in [0.29, 0.717) is 17.4 Å². The van der Waals surface area contributed by atoms with E-state index < -0.39 is 8.24 Å². The molecular formula is C33H38N2Si. The molecule has 6 rings (SSSR count). The highest BCUT2D eigenvalue weighted by molar-refractivity contribution is 6.84. The number of nitrogens with zero attached hydrogens (tertiary/aromatic N) is 1. The van der Waals surface area contributed by atoms with Crippen molar-refractivity contribution in [2.45, 2.75) is 52.2 Å². The van der Waals surface area contributed by atoms with Gasteiger partial charge in [-0.15, -0.1) is 0 Å². The van der Waals surface area contributed by atoms with Gasteiger partial charge in [0.25, 0.3) is 0 Å². The van der Waals surface area contributed by atoms with Crippen LogP contribution in [-0.4, -0.2) is 8.24 Å². The highest BCUT2D eigenvalue weighted by Crippen LogP contribution is 2.60. The number of hydrogen-bond acceptors (Lipinski definition) is 2. The van der Waals surface area contributed by atoms with Crippen LogP contribution < -0.4 is 9.88 Å². The van der Waals surface area contributed by atoms with Gasteiger partial charge in [0.1, 0.15) is 0 Å². The second kappa shape index (κ2) is 8.81. The minimum absolute atomic E-state index is 0.589. The maximum absolute atomic E-state index is 3.71. The second-order valence-electron chi connectivity index (χ2n) is 11.6. The summed E-state index contributed by atoms with van der Waals surface area (Å²) < 4.78 is 2.78. The molecule has 0 spiro atoms. The van der Waals surface area contributed by atoms with E-state index in [1.165, 1.54) is 52.3 Å². The van der Waals surface area contributed by atoms with Crippen molar-refractivity contribution >= 4 is 36.6 Å². The Morgan fingerprint density at radius 3 is 2.11 bits per heavy atom. The van der Waals surface area contributed by atoms with Crippen LogP contribution in [0.5, 0.6) is 0 Å². The normalized spacial score (nSPS) is 24.5. The van der Waals surface area contributed by atoms with Crippen LogP contribution in [0.15, 0.2) is 85.0 Å². The van der Waals surface area contributed by atoms with E-state index in [-0.39, 0.29) is 0 Å². The lowest BCUT2D eigenvalue weighted by atomic mass is 9.80. The van der Waals surface area contributed by atoms with Crippen molar-refractivity contribution < 1.29 is 0 Å². The van der Waals surface area contributed by atoms with E-state index in [0.717, 1.165) is 5.92 Å². The molecule has 3 heteroatoms. The molecule has 1 unspecified atom stereocenters. The zero-order valence-corrected chi connectivity index (χ0v) is 23.3. The van der Waals surface area contributed by atoms with Crippen molar-refractivity contribution in [1.82, 2.24) is 0 Å². The molecule has 0 amide bonds. The fourth-order valence-electron chi connectivity index (χ4n) is 7.71. The van der Waals surface area contributed by atoms with Crippen LogP contribution >= 0.6 is 0 Å². The number of benzene rings is 3. The van der Waals surface area contributed by atoms with Gasteiger partial charge < -0.3 is 9.88 Å². The average Bonchev–Trinajstić information content (AvgIpc) is 3.26. The van der Waals surface area contributed by atoms with Crippen molar-refractivity contribution in [3.8, 4) is 0 Å². The van der Waals surface area contributed by atoms with E-state index in [4.69, 9.17) is 0 Å². The molecule has 3 aromatic rings. The molecule has 2 aliphatic carbocycles. The molecule has 1 aliphatic heterocycles. The summed E-state index contributed by atoms with van der Waals surface area (Å²) in [5.41, 5.74) is 11.5. The first kappa shape index (κ1) is 23.4. The first-order valence-electron chi connectivity index (χ1n) is 13.6. The molecule has 1 N–H and O–H groups in total. The molecule has 3 aromatic carbocycles. The van der Waals surface area contributed by atoms with E-state index in [1.807, 2.05) is 0 Å². The molecule has 2 nitrogen and oxygen atoms in total. The van der Waals surface area contributed by atoms with Crippen molar-refractivity contribution in [3.05, 3.63) is 102 Å². The monoisotopic (exact) mass is 490 g/mol. The fourth-order valence-corrected chi connectivity index (χ4v) is 12.4. The van der Waals surface area contributed by atoms with Gasteiger partial charge in [-0.1, -0.05) is 98.3 Å². The minimum Gasteiger partial charge on any atom is -0.366 e. The predicted molar refractivity (Wildman–Crippen MR) is 158 cm³/mol. The molecular weight excluding hydrogens is 452 g/mol. The van der Waals surface area contributed by atoms with Crippen LogP contribution in [0, 0.1) is 31.6 Å². The standard InChI is InChI=1S/C33H38N2Si/c1-6-24-21-28-26(25-19-22(2)18-23(3)20-25)12-11-13-27(28)33(24)36(4,5)35-31-16-9-7-14-29(31)34-30-15-8-10-17-32(30)35/h7-20,24,27-28,33-34H,6,21H2,1-5H3/t24-,27+,28-,33?/m1/s1. The van der Waals surface area contributed by atoms with Crippen molar-refractivity contribution in [2.24, 2.45) is 17.8 Å². The third-order valence-electron chi connectivity index (χ3n) is 8.98. The van der Waals surface area contributed by atoms with Crippen LogP contribution in [0.1, 0.15) is 36.5 Å². The van der Waals surface area contributed by atoms with Crippen LogP contribution in [0.2, 0.25) is 18.6 Å². The predicted octanol–water partition coefficient (Wildman–Crippen LogP) is 9.39. The third kappa shape index (κ3) is 3.67. The Kier molecular flexibility index (Phi) is 5.72. The zero-order valence-electron chi connectivity index (χ0n) is 22.3. The number of rotatable bonds is 4. The van der Waals surface area contributed by atoms with Gasteiger partial charge in [-0.25, -0.2) is 0 Å². The summed E-state index contributed by atoms with van der Waals surface area (Å²) in [5.74, 6) is 1.92. The molecule has 0 saturated heterocycles. The minimum atomic E-state index is -2.00. The van der Waals surface area contributed by atoms with Gasteiger partial charge in [-0.3, -0.25) is 0 Å². The molecule has 1 fully saturated rings. The Labute approximate surface area is 217 Å². The Bertz CT molecular complexity index is 1300. The quantitative estimate of drug-likeness (QED) is 0.366. The van der Waals surface area contributed by atoms with Gasteiger partial charge >= 0.3 is 0 Å². The summed E-state index contributed by atoms with van der Waals surface area (Å²) in [6, 6.07) is 24.9. The van der Waals surface area contributed by atoms with E-state index in [1.54, 1.807) is 5.57 Å². The van der Waals surface area contributed by atoms with Gasteiger partial charge in [-0.2, -0.15) is 0 Å². The second-order valence-corrected chi connectivity index (χ2v) is 16.1. The number of aryl methyl sites for hydroxylation is 2. The lowest BCUT2D eigenvalue weighted by Gasteiger charge is -2.49. The first-order valence-corrected chi connectivity index (χ1v) is 16.6. The number of nitrogens with one attached hydrogen (secondary N) is 1. The smallest absolute Gasteiger partial charge is 0.160 e. The van der Waals surface area contributed by atoms with Gasteiger partial charge in [-0.05, 0) is 79.0 Å². The SMILES string of the molecule is CC[C@@H]1C[C@@H]2C(c3cc(C)cc(C)c3)=CC=C[C@@H]2C1[Si](C)(C)N1c2ccccc2Nc2ccccc21. The number of para-hydroxylation sites is 4. The van der Waals surface area contributed by atoms with Crippen molar-refractivity contribution in [1.29, 1.82) is 0 Å².